The van der Waals surface area contributed by atoms with Crippen LogP contribution in [-0.4, -0.2) is 21.7 Å². The van der Waals surface area contributed by atoms with Crippen LogP contribution in [0.3, 0.4) is 0 Å². The van der Waals surface area contributed by atoms with Crippen molar-refractivity contribution in [3.8, 4) is 5.75 Å². The highest BCUT2D eigenvalue weighted by atomic mass is 16.5. The van der Waals surface area contributed by atoms with Crippen molar-refractivity contribution in [2.24, 2.45) is 0 Å². The summed E-state index contributed by atoms with van der Waals surface area (Å²) >= 11 is 0. The Kier molecular flexibility index (Phi) is 4.79. The van der Waals surface area contributed by atoms with E-state index in [0.717, 1.165) is 18.8 Å². The fourth-order valence-corrected chi connectivity index (χ4v) is 1.83. The fraction of sp³-hybridized carbons (Fsp3) is 0.438. The zero-order valence-electron chi connectivity index (χ0n) is 12.5. The van der Waals surface area contributed by atoms with E-state index in [1.807, 2.05) is 42.9 Å². The van der Waals surface area contributed by atoms with Crippen molar-refractivity contribution in [2.75, 3.05) is 6.61 Å². The maximum Gasteiger partial charge on any atom is 0.119 e. The number of rotatable bonds is 6. The molecular formula is C16H23N3O. The first-order valence-corrected chi connectivity index (χ1v) is 6.96. The molecule has 1 N–H and O–H groups in total. The SMILES string of the molecule is CC(C)(C)NCc1cncn1CCOc1ccccc1. The molecule has 0 radical (unpaired) electrons. The number of nitrogens with one attached hydrogen (secondary N) is 1. The normalized spacial score (nSPS) is 11.6. The molecule has 1 aromatic carbocycles. The fourth-order valence-electron chi connectivity index (χ4n) is 1.83. The highest BCUT2D eigenvalue weighted by Gasteiger charge is 2.10. The van der Waals surface area contributed by atoms with Crippen molar-refractivity contribution in [2.45, 2.75) is 39.4 Å². The molecule has 0 saturated heterocycles. The summed E-state index contributed by atoms with van der Waals surface area (Å²) in [5.74, 6) is 0.905. The van der Waals surface area contributed by atoms with E-state index in [9.17, 15) is 0 Å². The predicted octanol–water partition coefficient (Wildman–Crippen LogP) is 2.85. The largest absolute Gasteiger partial charge is 0.492 e. The van der Waals surface area contributed by atoms with E-state index in [2.05, 4.69) is 35.6 Å². The van der Waals surface area contributed by atoms with Gasteiger partial charge in [-0.25, -0.2) is 4.98 Å². The third-order valence-corrected chi connectivity index (χ3v) is 2.94. The second-order valence-corrected chi connectivity index (χ2v) is 5.84. The summed E-state index contributed by atoms with van der Waals surface area (Å²) in [7, 11) is 0. The lowest BCUT2D eigenvalue weighted by atomic mass is 10.1. The molecule has 0 spiro atoms. The third-order valence-electron chi connectivity index (χ3n) is 2.94. The number of para-hydroxylation sites is 1. The van der Waals surface area contributed by atoms with Gasteiger partial charge in [0.25, 0.3) is 0 Å². The Labute approximate surface area is 120 Å². The molecule has 0 bridgehead atoms. The van der Waals surface area contributed by atoms with Gasteiger partial charge in [0.05, 0.1) is 18.6 Å². The summed E-state index contributed by atoms with van der Waals surface area (Å²) in [6.07, 6.45) is 3.76. The minimum Gasteiger partial charge on any atom is -0.492 e. The summed E-state index contributed by atoms with van der Waals surface area (Å²) in [5.41, 5.74) is 1.28. The molecule has 4 nitrogen and oxygen atoms in total. The van der Waals surface area contributed by atoms with Gasteiger partial charge >= 0.3 is 0 Å². The lowest BCUT2D eigenvalue weighted by Crippen LogP contribution is -2.35. The van der Waals surface area contributed by atoms with Crippen LogP contribution in [0.1, 0.15) is 26.5 Å². The lowest BCUT2D eigenvalue weighted by Gasteiger charge is -2.21. The second kappa shape index (κ2) is 6.57. The van der Waals surface area contributed by atoms with Crippen LogP contribution in [0.5, 0.6) is 5.75 Å². The van der Waals surface area contributed by atoms with Gasteiger partial charge in [0.15, 0.2) is 0 Å². The van der Waals surface area contributed by atoms with Crippen molar-refractivity contribution in [3.63, 3.8) is 0 Å². The van der Waals surface area contributed by atoms with Gasteiger partial charge in [-0.3, -0.25) is 0 Å². The highest BCUT2D eigenvalue weighted by Crippen LogP contribution is 2.09. The van der Waals surface area contributed by atoms with Crippen molar-refractivity contribution >= 4 is 0 Å². The van der Waals surface area contributed by atoms with Crippen molar-refractivity contribution in [1.29, 1.82) is 0 Å². The number of aromatic nitrogens is 2. The predicted molar refractivity (Wildman–Crippen MR) is 80.8 cm³/mol. The van der Waals surface area contributed by atoms with Crippen molar-refractivity contribution in [1.82, 2.24) is 14.9 Å². The number of hydrogen-bond acceptors (Lipinski definition) is 3. The minimum absolute atomic E-state index is 0.107. The minimum atomic E-state index is 0.107. The van der Waals surface area contributed by atoms with E-state index in [0.29, 0.717) is 6.61 Å². The Bertz CT molecular complexity index is 514. The van der Waals surface area contributed by atoms with Crippen molar-refractivity contribution < 1.29 is 4.74 Å². The standard InChI is InChI=1S/C16H23N3O/c1-16(2,3)18-12-14-11-17-13-19(14)9-10-20-15-7-5-4-6-8-15/h4-8,11,13,18H,9-10,12H2,1-3H3. The van der Waals surface area contributed by atoms with Crippen LogP contribution in [0.25, 0.3) is 0 Å². The molecule has 1 heterocycles. The molecule has 0 aliphatic carbocycles. The summed E-state index contributed by atoms with van der Waals surface area (Å²) < 4.78 is 7.84. The van der Waals surface area contributed by atoms with Crippen molar-refractivity contribution in [3.05, 3.63) is 48.5 Å². The summed E-state index contributed by atoms with van der Waals surface area (Å²) in [6.45, 7) is 8.73. The van der Waals surface area contributed by atoms with Gasteiger partial charge in [-0.2, -0.15) is 0 Å². The van der Waals surface area contributed by atoms with Gasteiger partial charge in [0.2, 0.25) is 0 Å². The van der Waals surface area contributed by atoms with Crippen LogP contribution >= 0.6 is 0 Å². The molecule has 0 atom stereocenters. The molecule has 0 unspecified atom stereocenters. The average molecular weight is 273 g/mol. The lowest BCUT2D eigenvalue weighted by molar-refractivity contribution is 0.295. The molecule has 1 aromatic heterocycles. The van der Waals surface area contributed by atoms with E-state index in [-0.39, 0.29) is 5.54 Å². The Morgan fingerprint density at radius 3 is 2.65 bits per heavy atom. The summed E-state index contributed by atoms with van der Waals surface area (Å²) in [6, 6.07) is 9.88. The third kappa shape index (κ3) is 4.70. The second-order valence-electron chi connectivity index (χ2n) is 5.84. The van der Waals surface area contributed by atoms with Gasteiger partial charge in [0.1, 0.15) is 12.4 Å². The van der Waals surface area contributed by atoms with Gasteiger partial charge in [-0.1, -0.05) is 18.2 Å². The van der Waals surface area contributed by atoms with E-state index in [1.165, 1.54) is 5.69 Å². The smallest absolute Gasteiger partial charge is 0.119 e. The molecule has 20 heavy (non-hydrogen) atoms. The highest BCUT2D eigenvalue weighted by molar-refractivity contribution is 5.20. The zero-order valence-corrected chi connectivity index (χ0v) is 12.5. The summed E-state index contributed by atoms with van der Waals surface area (Å²) in [5, 5.41) is 3.47. The topological polar surface area (TPSA) is 39.1 Å². The monoisotopic (exact) mass is 273 g/mol. The van der Waals surface area contributed by atoms with Gasteiger partial charge in [0, 0.05) is 18.3 Å². The van der Waals surface area contributed by atoms with Gasteiger partial charge < -0.3 is 14.6 Å². The number of imidazole rings is 1. The molecule has 0 aliphatic heterocycles. The van der Waals surface area contributed by atoms with Gasteiger partial charge in [-0.15, -0.1) is 0 Å². The van der Waals surface area contributed by atoms with Crippen LogP contribution in [0.2, 0.25) is 0 Å². The molecule has 0 aliphatic rings. The van der Waals surface area contributed by atoms with Crippen LogP contribution in [0.15, 0.2) is 42.9 Å². The maximum atomic E-state index is 5.71. The van der Waals surface area contributed by atoms with Crippen LogP contribution in [0, 0.1) is 0 Å². The van der Waals surface area contributed by atoms with E-state index in [1.54, 1.807) is 0 Å². The quantitative estimate of drug-likeness (QED) is 0.879. The number of ether oxygens (including phenoxy) is 1. The molecule has 0 saturated carbocycles. The number of nitrogens with zero attached hydrogens (tertiary/aromatic N) is 2. The Hall–Kier alpha value is -1.81. The first-order chi connectivity index (χ1) is 9.54. The Morgan fingerprint density at radius 1 is 1.20 bits per heavy atom. The molecule has 4 heteroatoms. The van der Waals surface area contributed by atoms with Gasteiger partial charge in [-0.05, 0) is 32.9 Å². The van der Waals surface area contributed by atoms with E-state index in [4.69, 9.17) is 4.74 Å². The molecule has 0 amide bonds. The van der Waals surface area contributed by atoms with E-state index < -0.39 is 0 Å². The molecular weight excluding hydrogens is 250 g/mol. The number of hydrogen-bond donors (Lipinski definition) is 1. The van der Waals surface area contributed by atoms with Crippen LogP contribution in [-0.2, 0) is 13.1 Å². The van der Waals surface area contributed by atoms with Crippen LogP contribution < -0.4 is 10.1 Å². The maximum absolute atomic E-state index is 5.71. The molecule has 0 fully saturated rings. The Morgan fingerprint density at radius 2 is 1.95 bits per heavy atom. The summed E-state index contributed by atoms with van der Waals surface area (Å²) in [4.78, 5) is 4.22. The Balaban J connectivity index is 1.83. The van der Waals surface area contributed by atoms with Crippen LogP contribution in [0.4, 0.5) is 0 Å². The zero-order chi connectivity index (χ0) is 14.4. The van der Waals surface area contributed by atoms with E-state index >= 15 is 0 Å². The molecule has 108 valence electrons. The first kappa shape index (κ1) is 14.6. The molecule has 2 aromatic rings. The first-order valence-electron chi connectivity index (χ1n) is 6.96. The number of benzene rings is 1. The average Bonchev–Trinajstić information content (AvgIpc) is 2.84. The molecule has 2 rings (SSSR count).